The molecule has 4 rings (SSSR count). The molecule has 0 aliphatic heterocycles. The van der Waals surface area contributed by atoms with Crippen molar-refractivity contribution in [3.63, 3.8) is 0 Å². The molecule has 0 radical (unpaired) electrons. The molecular formula is C32H30ClNO4. The number of nitrogens with zero attached hydrogens (tertiary/aromatic N) is 1. The second-order valence-corrected chi connectivity index (χ2v) is 9.82. The highest BCUT2D eigenvalue weighted by molar-refractivity contribution is 6.30. The van der Waals surface area contributed by atoms with E-state index in [0.29, 0.717) is 17.0 Å². The molecule has 0 aliphatic carbocycles. The topological polar surface area (TPSA) is 66.8 Å². The van der Waals surface area contributed by atoms with Gasteiger partial charge in [0.05, 0.1) is 6.10 Å². The Balaban J connectivity index is 1.77. The number of halogens is 1. The lowest BCUT2D eigenvalue weighted by Gasteiger charge is -2.23. The van der Waals surface area contributed by atoms with Gasteiger partial charge in [0, 0.05) is 22.7 Å². The van der Waals surface area contributed by atoms with Crippen LogP contribution in [-0.2, 0) is 17.8 Å². The SMILES string of the molecule is CC(C)Oc1ccccc1-c1ccc(C(=O)N(CC(=O)O)Cc2cccc(Cl)c2)c(Cc2ccccc2)c1. The molecule has 0 unspecified atom stereocenters. The zero-order valence-corrected chi connectivity index (χ0v) is 22.2. The second-order valence-electron chi connectivity index (χ2n) is 9.38. The maximum absolute atomic E-state index is 13.8. The van der Waals surface area contributed by atoms with E-state index in [9.17, 15) is 14.7 Å². The van der Waals surface area contributed by atoms with Gasteiger partial charge in [-0.2, -0.15) is 0 Å². The molecule has 0 spiro atoms. The van der Waals surface area contributed by atoms with Gasteiger partial charge in [0.2, 0.25) is 0 Å². The first-order valence-electron chi connectivity index (χ1n) is 12.5. The van der Waals surface area contributed by atoms with Gasteiger partial charge in [0.15, 0.2) is 0 Å². The molecule has 5 nitrogen and oxygen atoms in total. The zero-order valence-electron chi connectivity index (χ0n) is 21.4. The highest BCUT2D eigenvalue weighted by atomic mass is 35.5. The zero-order chi connectivity index (χ0) is 27.1. The smallest absolute Gasteiger partial charge is 0.323 e. The molecule has 0 saturated heterocycles. The van der Waals surface area contributed by atoms with Gasteiger partial charge >= 0.3 is 5.97 Å². The third kappa shape index (κ3) is 7.02. The van der Waals surface area contributed by atoms with Crippen molar-refractivity contribution in [2.45, 2.75) is 32.9 Å². The summed E-state index contributed by atoms with van der Waals surface area (Å²) < 4.78 is 6.04. The summed E-state index contributed by atoms with van der Waals surface area (Å²) in [6.07, 6.45) is 0.526. The molecule has 0 atom stereocenters. The van der Waals surface area contributed by atoms with Crippen LogP contribution in [0.2, 0.25) is 5.02 Å². The van der Waals surface area contributed by atoms with Crippen molar-refractivity contribution in [2.24, 2.45) is 0 Å². The maximum atomic E-state index is 13.8. The van der Waals surface area contributed by atoms with E-state index in [4.69, 9.17) is 16.3 Å². The minimum atomic E-state index is -1.08. The summed E-state index contributed by atoms with van der Waals surface area (Å²) in [6.45, 7) is 3.67. The first-order valence-corrected chi connectivity index (χ1v) is 12.9. The Hall–Kier alpha value is -4.09. The Morgan fingerprint density at radius 2 is 1.58 bits per heavy atom. The number of amides is 1. The van der Waals surface area contributed by atoms with Crippen LogP contribution in [0.15, 0.2) is 97.1 Å². The number of carboxylic acid groups (broad SMARTS) is 1. The molecule has 4 aromatic carbocycles. The minimum absolute atomic E-state index is 0.0110. The monoisotopic (exact) mass is 527 g/mol. The van der Waals surface area contributed by atoms with Crippen LogP contribution in [0.4, 0.5) is 0 Å². The third-order valence-electron chi connectivity index (χ3n) is 6.01. The van der Waals surface area contributed by atoms with Crippen molar-refractivity contribution in [2.75, 3.05) is 6.54 Å². The Kier molecular flexibility index (Phi) is 8.82. The number of carboxylic acids is 1. The van der Waals surface area contributed by atoms with Crippen molar-refractivity contribution in [1.82, 2.24) is 4.90 Å². The van der Waals surface area contributed by atoms with Crippen molar-refractivity contribution in [3.8, 4) is 16.9 Å². The summed E-state index contributed by atoms with van der Waals surface area (Å²) in [7, 11) is 0. The van der Waals surface area contributed by atoms with E-state index >= 15 is 0 Å². The molecule has 0 fully saturated rings. The van der Waals surface area contributed by atoms with Gasteiger partial charge in [-0.25, -0.2) is 0 Å². The lowest BCUT2D eigenvalue weighted by Crippen LogP contribution is -2.35. The predicted molar refractivity (Wildman–Crippen MR) is 151 cm³/mol. The third-order valence-corrected chi connectivity index (χ3v) is 6.24. The van der Waals surface area contributed by atoms with Crippen molar-refractivity contribution < 1.29 is 19.4 Å². The van der Waals surface area contributed by atoms with Gasteiger partial charge in [0.1, 0.15) is 12.3 Å². The van der Waals surface area contributed by atoms with Crippen LogP contribution < -0.4 is 4.74 Å². The van der Waals surface area contributed by atoms with E-state index in [2.05, 4.69) is 0 Å². The lowest BCUT2D eigenvalue weighted by atomic mass is 9.93. The van der Waals surface area contributed by atoms with Crippen molar-refractivity contribution >= 4 is 23.5 Å². The summed E-state index contributed by atoms with van der Waals surface area (Å²) in [6, 6.07) is 30.5. The predicted octanol–water partition coefficient (Wildman–Crippen LogP) is 7.11. The molecule has 0 aromatic heterocycles. The van der Waals surface area contributed by atoms with Crippen LogP contribution >= 0.6 is 11.6 Å². The van der Waals surface area contributed by atoms with Gasteiger partial charge in [-0.15, -0.1) is 0 Å². The molecule has 0 saturated carbocycles. The number of hydrogen-bond acceptors (Lipinski definition) is 3. The summed E-state index contributed by atoms with van der Waals surface area (Å²) in [4.78, 5) is 26.9. The number of rotatable bonds is 10. The highest BCUT2D eigenvalue weighted by Gasteiger charge is 2.23. The summed E-state index contributed by atoms with van der Waals surface area (Å²) in [5.74, 6) is -0.668. The fraction of sp³-hybridized carbons (Fsp3) is 0.188. The Morgan fingerprint density at radius 3 is 2.29 bits per heavy atom. The Bertz CT molecular complexity index is 1420. The summed E-state index contributed by atoms with van der Waals surface area (Å²) in [5, 5.41) is 10.1. The number of ether oxygens (including phenoxy) is 1. The van der Waals surface area contributed by atoms with Crippen LogP contribution in [0.25, 0.3) is 11.1 Å². The maximum Gasteiger partial charge on any atom is 0.323 e. The molecule has 194 valence electrons. The fourth-order valence-electron chi connectivity index (χ4n) is 4.38. The molecule has 1 N–H and O–H groups in total. The van der Waals surface area contributed by atoms with E-state index in [-0.39, 0.29) is 18.6 Å². The van der Waals surface area contributed by atoms with E-state index in [0.717, 1.165) is 33.6 Å². The quantitative estimate of drug-likeness (QED) is 0.238. The van der Waals surface area contributed by atoms with Gasteiger partial charge in [-0.3, -0.25) is 9.59 Å². The average Bonchev–Trinajstić information content (AvgIpc) is 2.88. The van der Waals surface area contributed by atoms with Gasteiger partial charge in [0.25, 0.3) is 5.91 Å². The minimum Gasteiger partial charge on any atom is -0.490 e. The number of carbonyl (C=O) groups excluding carboxylic acids is 1. The molecule has 0 aliphatic rings. The Labute approximate surface area is 228 Å². The second kappa shape index (κ2) is 12.4. The number of para-hydroxylation sites is 1. The van der Waals surface area contributed by atoms with Gasteiger partial charge in [-0.05, 0) is 72.9 Å². The van der Waals surface area contributed by atoms with Crippen molar-refractivity contribution in [1.29, 1.82) is 0 Å². The molecule has 4 aromatic rings. The van der Waals surface area contributed by atoms with Crippen LogP contribution in [0.5, 0.6) is 5.75 Å². The van der Waals surface area contributed by atoms with Gasteiger partial charge in [-0.1, -0.05) is 78.3 Å². The van der Waals surface area contributed by atoms with Crippen molar-refractivity contribution in [3.05, 3.63) is 124 Å². The molecular weight excluding hydrogens is 498 g/mol. The molecule has 0 bridgehead atoms. The number of aliphatic carboxylic acids is 1. The highest BCUT2D eigenvalue weighted by Crippen LogP contribution is 2.33. The van der Waals surface area contributed by atoms with Crippen LogP contribution in [-0.4, -0.2) is 34.5 Å². The molecule has 38 heavy (non-hydrogen) atoms. The molecule has 6 heteroatoms. The van der Waals surface area contributed by atoms with E-state index in [1.54, 1.807) is 24.3 Å². The molecule has 1 amide bonds. The van der Waals surface area contributed by atoms with E-state index in [1.807, 2.05) is 86.6 Å². The number of benzene rings is 4. The first-order chi connectivity index (χ1) is 18.3. The van der Waals surface area contributed by atoms with Crippen LogP contribution in [0.1, 0.15) is 40.9 Å². The lowest BCUT2D eigenvalue weighted by molar-refractivity contribution is -0.137. The fourth-order valence-corrected chi connectivity index (χ4v) is 4.60. The molecule has 0 heterocycles. The Morgan fingerprint density at radius 1 is 0.868 bits per heavy atom. The van der Waals surface area contributed by atoms with Gasteiger partial charge < -0.3 is 14.7 Å². The standard InChI is InChI=1S/C32H30ClNO4/c1-22(2)38-30-14-7-6-13-28(30)25-15-16-29(26(19-25)17-23-9-4-3-5-10-23)32(37)34(21-31(35)36)20-24-11-8-12-27(33)18-24/h3-16,18-19,22H,17,20-21H2,1-2H3,(H,35,36). The number of hydrogen-bond donors (Lipinski definition) is 1. The normalized spacial score (nSPS) is 10.8. The largest absolute Gasteiger partial charge is 0.490 e. The summed E-state index contributed by atoms with van der Waals surface area (Å²) in [5.41, 5.74) is 4.92. The van der Waals surface area contributed by atoms with Crippen LogP contribution in [0.3, 0.4) is 0 Å². The van der Waals surface area contributed by atoms with E-state index < -0.39 is 12.5 Å². The van der Waals surface area contributed by atoms with Crippen LogP contribution in [0, 0.1) is 0 Å². The average molecular weight is 528 g/mol. The van der Waals surface area contributed by atoms with E-state index in [1.165, 1.54) is 4.90 Å². The summed E-state index contributed by atoms with van der Waals surface area (Å²) >= 11 is 6.14. The first kappa shape index (κ1) is 27.0. The number of carbonyl (C=O) groups is 2.